The first-order chi connectivity index (χ1) is 10.4. The van der Waals surface area contributed by atoms with E-state index < -0.39 is 0 Å². The number of nitrogens with zero attached hydrogens (tertiary/aromatic N) is 1. The predicted molar refractivity (Wildman–Crippen MR) is 85.3 cm³/mol. The van der Waals surface area contributed by atoms with Gasteiger partial charge in [0.2, 0.25) is 0 Å². The van der Waals surface area contributed by atoms with Crippen LogP contribution in [0.5, 0.6) is 0 Å². The molecule has 122 valence electrons. The van der Waals surface area contributed by atoms with Gasteiger partial charge in [0.25, 0.3) is 0 Å². The lowest BCUT2D eigenvalue weighted by Crippen LogP contribution is -2.63. The molecule has 2 bridgehead atoms. The summed E-state index contributed by atoms with van der Waals surface area (Å²) in [6.45, 7) is 10.7. The fourth-order valence-corrected chi connectivity index (χ4v) is 6.33. The van der Waals surface area contributed by atoms with Crippen LogP contribution in [0.4, 0.5) is 0 Å². The van der Waals surface area contributed by atoms with Gasteiger partial charge < -0.3 is 9.47 Å². The maximum absolute atomic E-state index is 6.76. The zero-order valence-corrected chi connectivity index (χ0v) is 14.3. The van der Waals surface area contributed by atoms with Crippen LogP contribution in [0.15, 0.2) is 12.2 Å². The fourth-order valence-electron chi connectivity index (χ4n) is 6.33. The van der Waals surface area contributed by atoms with E-state index in [0.29, 0.717) is 30.0 Å². The van der Waals surface area contributed by atoms with E-state index in [9.17, 15) is 0 Å². The van der Waals surface area contributed by atoms with Crippen LogP contribution in [-0.2, 0) is 9.47 Å². The second-order valence-corrected chi connectivity index (χ2v) is 9.15. The topological polar surface area (TPSA) is 21.7 Å². The summed E-state index contributed by atoms with van der Waals surface area (Å²) >= 11 is 0. The highest BCUT2D eigenvalue weighted by atomic mass is 16.6. The molecule has 0 aromatic heterocycles. The highest BCUT2D eigenvalue weighted by Gasteiger charge is 2.68. The average molecular weight is 303 g/mol. The fraction of sp³-hybridized carbons (Fsp3) is 0.895. The van der Waals surface area contributed by atoms with Gasteiger partial charge in [-0.15, -0.1) is 0 Å². The Kier molecular flexibility index (Phi) is 2.66. The van der Waals surface area contributed by atoms with Gasteiger partial charge in [-0.3, -0.25) is 4.90 Å². The molecule has 8 atom stereocenters. The average Bonchev–Trinajstić information content (AvgIpc) is 3.08. The van der Waals surface area contributed by atoms with Crippen LogP contribution in [0, 0.1) is 23.7 Å². The van der Waals surface area contributed by atoms with E-state index in [1.807, 2.05) is 0 Å². The predicted octanol–water partition coefficient (Wildman–Crippen LogP) is 3.20. The number of fused-ring (bicyclic) bond motifs is 4. The van der Waals surface area contributed by atoms with Gasteiger partial charge in [0, 0.05) is 23.9 Å². The van der Waals surface area contributed by atoms with Crippen molar-refractivity contribution < 1.29 is 9.47 Å². The standard InChI is InChI=1S/C19H29NO2/c1-11-5-6-13-15(9-11)21-17-16-12(2)14-7-8-19(16,22-14)10-20(17)18(13,3)4/h7-8,11-17H,5-6,9-10H2,1-4H3/t11-,12-,13-,14+,15-,16-,17+,19+/m1/s1. The van der Waals surface area contributed by atoms with Crippen LogP contribution in [0.2, 0.25) is 0 Å². The first-order valence-electron chi connectivity index (χ1n) is 9.22. The Bertz CT molecular complexity index is 530. The minimum absolute atomic E-state index is 0.0644. The number of rotatable bonds is 0. The van der Waals surface area contributed by atoms with Crippen molar-refractivity contribution in [2.24, 2.45) is 23.7 Å². The van der Waals surface area contributed by atoms with Crippen LogP contribution in [-0.4, -0.2) is 41.0 Å². The zero-order chi connectivity index (χ0) is 15.3. The highest BCUT2D eigenvalue weighted by molar-refractivity contribution is 5.29. The Balaban J connectivity index is 1.53. The zero-order valence-electron chi connectivity index (χ0n) is 14.3. The number of hydrogen-bond acceptors (Lipinski definition) is 3. The van der Waals surface area contributed by atoms with Crippen LogP contribution in [0.1, 0.15) is 47.0 Å². The third-order valence-corrected chi connectivity index (χ3v) is 7.62. The second-order valence-electron chi connectivity index (χ2n) is 9.15. The summed E-state index contributed by atoms with van der Waals surface area (Å²) in [7, 11) is 0. The van der Waals surface area contributed by atoms with Gasteiger partial charge >= 0.3 is 0 Å². The summed E-state index contributed by atoms with van der Waals surface area (Å²) in [6, 6.07) is 0. The van der Waals surface area contributed by atoms with E-state index in [2.05, 4.69) is 44.7 Å². The Morgan fingerprint density at radius 3 is 2.82 bits per heavy atom. The molecule has 0 amide bonds. The molecule has 1 spiro atoms. The molecule has 0 aromatic carbocycles. The van der Waals surface area contributed by atoms with Crippen molar-refractivity contribution >= 4 is 0 Å². The van der Waals surface area contributed by atoms with Gasteiger partial charge in [-0.2, -0.15) is 0 Å². The van der Waals surface area contributed by atoms with Crippen molar-refractivity contribution in [3.8, 4) is 0 Å². The molecule has 4 heterocycles. The van der Waals surface area contributed by atoms with Crippen molar-refractivity contribution in [2.75, 3.05) is 6.54 Å². The van der Waals surface area contributed by atoms with E-state index in [-0.39, 0.29) is 17.4 Å². The summed E-state index contributed by atoms with van der Waals surface area (Å²) in [5.74, 6) is 2.58. The van der Waals surface area contributed by atoms with E-state index in [1.165, 1.54) is 19.3 Å². The molecule has 1 aliphatic carbocycles. The minimum atomic E-state index is -0.0644. The molecule has 22 heavy (non-hydrogen) atoms. The van der Waals surface area contributed by atoms with Crippen molar-refractivity contribution in [3.63, 3.8) is 0 Å². The molecule has 4 fully saturated rings. The molecule has 0 aromatic rings. The van der Waals surface area contributed by atoms with Gasteiger partial charge in [-0.05, 0) is 38.5 Å². The van der Waals surface area contributed by atoms with Gasteiger partial charge in [0.05, 0.1) is 12.2 Å². The third-order valence-electron chi connectivity index (χ3n) is 7.62. The van der Waals surface area contributed by atoms with Crippen LogP contribution >= 0.6 is 0 Å². The maximum Gasteiger partial charge on any atom is 0.117 e. The molecular formula is C19H29NO2. The molecule has 5 rings (SSSR count). The number of ether oxygens (including phenoxy) is 2. The normalized spacial score (nSPS) is 58.5. The van der Waals surface area contributed by atoms with Gasteiger partial charge in [0.1, 0.15) is 11.8 Å². The van der Waals surface area contributed by atoms with Crippen LogP contribution < -0.4 is 0 Å². The van der Waals surface area contributed by atoms with E-state index >= 15 is 0 Å². The Labute approximate surface area is 134 Å². The van der Waals surface area contributed by atoms with Crippen molar-refractivity contribution in [1.82, 2.24) is 4.90 Å². The summed E-state index contributed by atoms with van der Waals surface area (Å²) in [4.78, 5) is 2.65. The first kappa shape index (κ1) is 14.0. The molecule has 0 N–H and O–H groups in total. The monoisotopic (exact) mass is 303 g/mol. The number of hydrogen-bond donors (Lipinski definition) is 0. The molecule has 0 radical (unpaired) electrons. The van der Waals surface area contributed by atoms with E-state index in [1.54, 1.807) is 0 Å². The Hall–Kier alpha value is -0.380. The smallest absolute Gasteiger partial charge is 0.117 e. The van der Waals surface area contributed by atoms with Crippen LogP contribution in [0.25, 0.3) is 0 Å². The molecule has 3 saturated heterocycles. The summed E-state index contributed by atoms with van der Waals surface area (Å²) < 4.78 is 13.2. The quantitative estimate of drug-likeness (QED) is 0.642. The summed E-state index contributed by atoms with van der Waals surface area (Å²) in [5, 5.41) is 0. The van der Waals surface area contributed by atoms with Crippen molar-refractivity contribution in [3.05, 3.63) is 12.2 Å². The lowest BCUT2D eigenvalue weighted by molar-refractivity contribution is -0.232. The molecule has 4 aliphatic heterocycles. The van der Waals surface area contributed by atoms with Gasteiger partial charge in [-0.1, -0.05) is 32.4 Å². The largest absolute Gasteiger partial charge is 0.362 e. The molecular weight excluding hydrogens is 274 g/mol. The third kappa shape index (κ3) is 1.53. The first-order valence-corrected chi connectivity index (χ1v) is 9.22. The van der Waals surface area contributed by atoms with Crippen LogP contribution in [0.3, 0.4) is 0 Å². The van der Waals surface area contributed by atoms with E-state index in [0.717, 1.165) is 12.5 Å². The lowest BCUT2D eigenvalue weighted by atomic mass is 9.69. The molecule has 1 saturated carbocycles. The maximum atomic E-state index is 6.76. The van der Waals surface area contributed by atoms with E-state index in [4.69, 9.17) is 9.47 Å². The Morgan fingerprint density at radius 1 is 1.18 bits per heavy atom. The summed E-state index contributed by atoms with van der Waals surface area (Å²) in [5.41, 5.74) is 0.160. The molecule has 0 unspecified atom stereocenters. The van der Waals surface area contributed by atoms with Crippen molar-refractivity contribution in [2.45, 2.75) is 76.5 Å². The Morgan fingerprint density at radius 2 is 2.00 bits per heavy atom. The second kappa shape index (κ2) is 4.17. The SMILES string of the molecule is C[C@@H]1CC[C@@H]2[C@@H](C1)O[C@H]1[C@H]3[C@H](C)[C@@H]4C=C[C@@]3(CN1C2(C)C)O4. The molecule has 3 nitrogen and oxygen atoms in total. The highest BCUT2D eigenvalue weighted by Crippen LogP contribution is 2.59. The van der Waals surface area contributed by atoms with Gasteiger partial charge in [-0.25, -0.2) is 0 Å². The van der Waals surface area contributed by atoms with Crippen molar-refractivity contribution in [1.29, 1.82) is 0 Å². The molecule has 5 aliphatic rings. The summed E-state index contributed by atoms with van der Waals surface area (Å²) in [6.07, 6.45) is 9.59. The minimum Gasteiger partial charge on any atom is -0.362 e. The van der Waals surface area contributed by atoms with Gasteiger partial charge in [0.15, 0.2) is 0 Å². The molecule has 3 heteroatoms. The lowest BCUT2D eigenvalue weighted by Gasteiger charge is -2.56.